The number of halogens is 2. The van der Waals surface area contributed by atoms with E-state index in [1.54, 1.807) is 4.90 Å². The normalized spacial score (nSPS) is 25.0. The van der Waals surface area contributed by atoms with Crippen molar-refractivity contribution >= 4 is 11.6 Å². The lowest BCUT2D eigenvalue weighted by atomic mass is 9.99. The van der Waals surface area contributed by atoms with Gasteiger partial charge in [0, 0.05) is 44.7 Å². The van der Waals surface area contributed by atoms with Crippen LogP contribution < -0.4 is 10.6 Å². The van der Waals surface area contributed by atoms with Crippen molar-refractivity contribution < 1.29 is 13.6 Å². The van der Waals surface area contributed by atoms with Crippen LogP contribution in [0, 0.1) is 17.6 Å². The van der Waals surface area contributed by atoms with Crippen LogP contribution in [0.4, 0.5) is 14.5 Å². The molecule has 126 valence electrons. The van der Waals surface area contributed by atoms with E-state index >= 15 is 0 Å². The van der Waals surface area contributed by atoms with E-state index < -0.39 is 11.6 Å². The molecule has 0 aromatic heterocycles. The topological polar surface area (TPSA) is 49.6 Å². The van der Waals surface area contributed by atoms with Crippen molar-refractivity contribution in [3.8, 4) is 0 Å². The number of rotatable bonds is 3. The van der Waals surface area contributed by atoms with Gasteiger partial charge in [-0.25, -0.2) is 8.78 Å². The molecule has 2 aliphatic rings. The molecular formula is C17H23F2N3O. The van der Waals surface area contributed by atoms with E-state index in [2.05, 4.69) is 0 Å². The lowest BCUT2D eigenvalue weighted by molar-refractivity contribution is -0.132. The number of hydrogen-bond acceptors (Lipinski definition) is 3. The second-order valence-electron chi connectivity index (χ2n) is 6.52. The van der Waals surface area contributed by atoms with Gasteiger partial charge in [-0.2, -0.15) is 0 Å². The molecule has 2 N–H and O–H groups in total. The zero-order valence-corrected chi connectivity index (χ0v) is 13.2. The van der Waals surface area contributed by atoms with E-state index in [4.69, 9.17) is 5.73 Å². The fraction of sp³-hybridized carbons (Fsp3) is 0.588. The Balaban J connectivity index is 1.55. The summed E-state index contributed by atoms with van der Waals surface area (Å²) in [5.41, 5.74) is 6.30. The maximum Gasteiger partial charge on any atom is 0.223 e. The Morgan fingerprint density at radius 3 is 2.57 bits per heavy atom. The van der Waals surface area contributed by atoms with Gasteiger partial charge in [-0.1, -0.05) is 6.42 Å². The van der Waals surface area contributed by atoms with Crippen LogP contribution >= 0.6 is 0 Å². The molecular weight excluding hydrogens is 300 g/mol. The Morgan fingerprint density at radius 2 is 1.91 bits per heavy atom. The number of carbonyl (C=O) groups is 1. The highest BCUT2D eigenvalue weighted by molar-refractivity contribution is 5.77. The van der Waals surface area contributed by atoms with E-state index in [9.17, 15) is 13.6 Å². The van der Waals surface area contributed by atoms with Crippen LogP contribution in [0.15, 0.2) is 18.2 Å². The number of piperazine rings is 1. The van der Waals surface area contributed by atoms with E-state index in [1.165, 1.54) is 6.07 Å². The molecule has 1 aromatic carbocycles. The first-order valence-electron chi connectivity index (χ1n) is 8.28. The van der Waals surface area contributed by atoms with Gasteiger partial charge >= 0.3 is 0 Å². The Labute approximate surface area is 135 Å². The third-order valence-corrected chi connectivity index (χ3v) is 5.04. The maximum atomic E-state index is 13.8. The molecule has 23 heavy (non-hydrogen) atoms. The average molecular weight is 323 g/mol. The predicted molar refractivity (Wildman–Crippen MR) is 85.1 cm³/mol. The Bertz CT molecular complexity index is 573. The van der Waals surface area contributed by atoms with Crippen molar-refractivity contribution in [3.05, 3.63) is 29.8 Å². The molecule has 6 heteroatoms. The van der Waals surface area contributed by atoms with Crippen LogP contribution in [0.1, 0.15) is 25.7 Å². The lowest BCUT2D eigenvalue weighted by Gasteiger charge is -2.36. The first kappa shape index (κ1) is 16.2. The number of amides is 1. The van der Waals surface area contributed by atoms with E-state index in [0.29, 0.717) is 38.5 Å². The number of carbonyl (C=O) groups excluding carboxylic acids is 1. The van der Waals surface area contributed by atoms with Crippen molar-refractivity contribution in [1.82, 2.24) is 4.90 Å². The number of benzene rings is 1. The summed E-state index contributed by atoms with van der Waals surface area (Å²) >= 11 is 0. The summed E-state index contributed by atoms with van der Waals surface area (Å²) in [6.45, 7) is 2.11. The van der Waals surface area contributed by atoms with Crippen molar-refractivity contribution in [2.75, 3.05) is 31.1 Å². The zero-order chi connectivity index (χ0) is 16.4. The van der Waals surface area contributed by atoms with Crippen molar-refractivity contribution in [3.63, 3.8) is 0 Å². The van der Waals surface area contributed by atoms with Gasteiger partial charge < -0.3 is 15.5 Å². The molecule has 1 heterocycles. The van der Waals surface area contributed by atoms with Gasteiger partial charge in [0.15, 0.2) is 0 Å². The van der Waals surface area contributed by atoms with Crippen LogP contribution in [-0.2, 0) is 4.79 Å². The third kappa shape index (κ3) is 3.63. The minimum atomic E-state index is -0.449. The monoisotopic (exact) mass is 323 g/mol. The molecule has 1 amide bonds. The molecule has 1 aliphatic carbocycles. The van der Waals surface area contributed by atoms with Gasteiger partial charge in [0.05, 0.1) is 5.69 Å². The van der Waals surface area contributed by atoms with Gasteiger partial charge in [0.2, 0.25) is 5.91 Å². The molecule has 0 radical (unpaired) electrons. The van der Waals surface area contributed by atoms with Gasteiger partial charge in [-0.15, -0.1) is 0 Å². The average Bonchev–Trinajstić information content (AvgIpc) is 2.95. The highest BCUT2D eigenvalue weighted by Crippen LogP contribution is 2.28. The molecule has 2 atom stereocenters. The van der Waals surface area contributed by atoms with Gasteiger partial charge in [0.1, 0.15) is 11.6 Å². The summed E-state index contributed by atoms with van der Waals surface area (Å²) in [4.78, 5) is 16.0. The van der Waals surface area contributed by atoms with E-state index in [1.807, 2.05) is 4.90 Å². The fourth-order valence-electron chi connectivity index (χ4n) is 3.60. The van der Waals surface area contributed by atoms with Gasteiger partial charge in [0.25, 0.3) is 0 Å². The number of hydrogen-bond donors (Lipinski definition) is 1. The van der Waals surface area contributed by atoms with Crippen molar-refractivity contribution in [1.29, 1.82) is 0 Å². The Hall–Kier alpha value is -1.69. The predicted octanol–water partition coefficient (Wildman–Crippen LogP) is 2.13. The SMILES string of the molecule is N[C@@H]1CCC[C@H]1CC(=O)N1CCN(c2cc(F)ccc2F)CC1. The van der Waals surface area contributed by atoms with Crippen molar-refractivity contribution in [2.45, 2.75) is 31.7 Å². The molecule has 1 saturated heterocycles. The molecule has 3 rings (SSSR count). The minimum Gasteiger partial charge on any atom is -0.366 e. The van der Waals surface area contributed by atoms with Gasteiger partial charge in [-0.3, -0.25) is 4.79 Å². The number of nitrogens with two attached hydrogens (primary N) is 1. The molecule has 1 aromatic rings. The lowest BCUT2D eigenvalue weighted by Crippen LogP contribution is -2.49. The van der Waals surface area contributed by atoms with Crippen LogP contribution in [0.2, 0.25) is 0 Å². The molecule has 2 fully saturated rings. The van der Waals surface area contributed by atoms with Gasteiger partial charge in [-0.05, 0) is 30.9 Å². The Kier molecular flexibility index (Phi) is 4.80. The van der Waals surface area contributed by atoms with Crippen LogP contribution in [0.25, 0.3) is 0 Å². The molecule has 0 bridgehead atoms. The second kappa shape index (κ2) is 6.83. The maximum absolute atomic E-state index is 13.8. The quantitative estimate of drug-likeness (QED) is 0.927. The van der Waals surface area contributed by atoms with E-state index in [-0.39, 0.29) is 17.6 Å². The third-order valence-electron chi connectivity index (χ3n) is 5.04. The van der Waals surface area contributed by atoms with Crippen molar-refractivity contribution in [2.24, 2.45) is 11.7 Å². The molecule has 1 aliphatic heterocycles. The summed E-state index contributed by atoms with van der Waals surface area (Å²) in [5, 5.41) is 0. The molecule has 4 nitrogen and oxygen atoms in total. The van der Waals surface area contributed by atoms with Crippen LogP contribution in [0.3, 0.4) is 0 Å². The summed E-state index contributed by atoms with van der Waals surface area (Å²) < 4.78 is 27.1. The first-order valence-corrected chi connectivity index (χ1v) is 8.28. The summed E-state index contributed by atoms with van der Waals surface area (Å²) in [5.74, 6) is -0.453. The summed E-state index contributed by atoms with van der Waals surface area (Å²) in [6, 6.07) is 3.61. The standard InChI is InChI=1S/C17H23F2N3O/c18-13-4-5-14(19)16(11-13)21-6-8-22(9-7-21)17(23)10-12-2-1-3-15(12)20/h4-5,11-12,15H,1-3,6-10,20H2/t12-,15+/m0/s1. The first-order chi connectivity index (χ1) is 11.0. The van der Waals surface area contributed by atoms with Crippen LogP contribution in [-0.4, -0.2) is 43.0 Å². The largest absolute Gasteiger partial charge is 0.366 e. The minimum absolute atomic E-state index is 0.131. The van der Waals surface area contributed by atoms with Crippen LogP contribution in [0.5, 0.6) is 0 Å². The molecule has 0 spiro atoms. The zero-order valence-electron chi connectivity index (χ0n) is 13.2. The Morgan fingerprint density at radius 1 is 1.17 bits per heavy atom. The summed E-state index contributed by atoms with van der Waals surface area (Å²) in [7, 11) is 0. The second-order valence-corrected chi connectivity index (χ2v) is 6.52. The smallest absolute Gasteiger partial charge is 0.223 e. The fourth-order valence-corrected chi connectivity index (χ4v) is 3.60. The number of nitrogens with zero attached hydrogens (tertiary/aromatic N) is 2. The highest BCUT2D eigenvalue weighted by atomic mass is 19.1. The highest BCUT2D eigenvalue weighted by Gasteiger charge is 2.29. The molecule has 1 saturated carbocycles. The molecule has 0 unspecified atom stereocenters. The number of anilines is 1. The summed E-state index contributed by atoms with van der Waals surface area (Å²) in [6.07, 6.45) is 3.65. The van der Waals surface area contributed by atoms with E-state index in [0.717, 1.165) is 31.4 Å².